The Morgan fingerprint density at radius 2 is 1.90 bits per heavy atom. The standard InChI is InChI=1S/C15H21NO4S/c1-5-15(2,3)14(19)16-10-6-8-11(9-7-10)21-13(20-4)12(17)18/h6-9,13H,5H2,1-4H3,(H,16,19)(H,17,18). The van der Waals surface area contributed by atoms with E-state index < -0.39 is 16.8 Å². The van der Waals surface area contributed by atoms with Crippen LogP contribution in [0.5, 0.6) is 0 Å². The molecule has 5 nitrogen and oxygen atoms in total. The van der Waals surface area contributed by atoms with Gasteiger partial charge in [0.15, 0.2) is 0 Å². The summed E-state index contributed by atoms with van der Waals surface area (Å²) in [6.45, 7) is 5.75. The molecule has 0 saturated heterocycles. The van der Waals surface area contributed by atoms with Gasteiger partial charge in [0.1, 0.15) is 0 Å². The number of methoxy groups -OCH3 is 1. The summed E-state index contributed by atoms with van der Waals surface area (Å²) in [7, 11) is 1.35. The normalized spacial score (nSPS) is 12.8. The first-order chi connectivity index (χ1) is 9.80. The Labute approximate surface area is 129 Å². The second-order valence-electron chi connectivity index (χ2n) is 5.24. The number of hydrogen-bond donors (Lipinski definition) is 2. The van der Waals surface area contributed by atoms with Crippen molar-refractivity contribution in [2.45, 2.75) is 37.5 Å². The number of ether oxygens (including phenoxy) is 1. The molecular formula is C15H21NO4S. The van der Waals surface area contributed by atoms with Crippen molar-refractivity contribution in [1.29, 1.82) is 0 Å². The molecule has 1 aromatic rings. The van der Waals surface area contributed by atoms with Crippen molar-refractivity contribution >= 4 is 29.3 Å². The van der Waals surface area contributed by atoms with Crippen molar-refractivity contribution in [3.05, 3.63) is 24.3 Å². The third kappa shape index (κ3) is 5.06. The number of benzene rings is 1. The number of carbonyl (C=O) groups excluding carboxylic acids is 1. The van der Waals surface area contributed by atoms with Gasteiger partial charge in [-0.2, -0.15) is 0 Å². The molecule has 116 valence electrons. The van der Waals surface area contributed by atoms with Crippen LogP contribution in [0.3, 0.4) is 0 Å². The molecule has 0 aliphatic rings. The number of thioether (sulfide) groups is 1. The van der Waals surface area contributed by atoms with Crippen molar-refractivity contribution in [2.75, 3.05) is 12.4 Å². The third-order valence-corrected chi connectivity index (χ3v) is 4.42. The van der Waals surface area contributed by atoms with Crippen molar-refractivity contribution in [3.63, 3.8) is 0 Å². The molecule has 1 rings (SSSR count). The molecule has 6 heteroatoms. The molecular weight excluding hydrogens is 290 g/mol. The Balaban J connectivity index is 2.70. The third-order valence-electron chi connectivity index (χ3n) is 3.27. The topological polar surface area (TPSA) is 75.6 Å². The predicted molar refractivity (Wildman–Crippen MR) is 83.4 cm³/mol. The number of hydrogen-bond acceptors (Lipinski definition) is 4. The van der Waals surface area contributed by atoms with Gasteiger partial charge in [0.2, 0.25) is 11.3 Å². The highest BCUT2D eigenvalue weighted by molar-refractivity contribution is 8.00. The summed E-state index contributed by atoms with van der Waals surface area (Å²) < 4.78 is 4.86. The Kier molecular flexibility index (Phi) is 6.23. The molecule has 0 heterocycles. The van der Waals surface area contributed by atoms with Crippen LogP contribution in [0, 0.1) is 5.41 Å². The average molecular weight is 311 g/mol. The second kappa shape index (κ2) is 7.47. The molecule has 2 N–H and O–H groups in total. The van der Waals surface area contributed by atoms with E-state index in [1.54, 1.807) is 24.3 Å². The van der Waals surface area contributed by atoms with Crippen molar-refractivity contribution in [1.82, 2.24) is 0 Å². The molecule has 0 aliphatic carbocycles. The molecule has 0 spiro atoms. The fraction of sp³-hybridized carbons (Fsp3) is 0.467. The number of anilines is 1. The summed E-state index contributed by atoms with van der Waals surface area (Å²) in [5.74, 6) is -1.06. The van der Waals surface area contributed by atoms with Crippen LogP contribution in [-0.4, -0.2) is 29.5 Å². The maximum absolute atomic E-state index is 12.0. The fourth-order valence-electron chi connectivity index (χ4n) is 1.40. The van der Waals surface area contributed by atoms with E-state index in [-0.39, 0.29) is 5.91 Å². The second-order valence-corrected chi connectivity index (χ2v) is 6.37. The van der Waals surface area contributed by atoms with E-state index in [1.807, 2.05) is 20.8 Å². The van der Waals surface area contributed by atoms with Crippen LogP contribution in [0.25, 0.3) is 0 Å². The molecule has 0 saturated carbocycles. The quantitative estimate of drug-likeness (QED) is 0.597. The van der Waals surface area contributed by atoms with Crippen LogP contribution < -0.4 is 5.32 Å². The molecule has 21 heavy (non-hydrogen) atoms. The van der Waals surface area contributed by atoms with Crippen molar-refractivity contribution in [2.24, 2.45) is 5.41 Å². The van der Waals surface area contributed by atoms with Crippen LogP contribution in [0.4, 0.5) is 5.69 Å². The highest BCUT2D eigenvalue weighted by atomic mass is 32.2. The van der Waals surface area contributed by atoms with E-state index in [1.165, 1.54) is 7.11 Å². The van der Waals surface area contributed by atoms with Gasteiger partial charge in [-0.25, -0.2) is 4.79 Å². The van der Waals surface area contributed by atoms with E-state index >= 15 is 0 Å². The van der Waals surface area contributed by atoms with Gasteiger partial charge in [0.05, 0.1) is 0 Å². The van der Waals surface area contributed by atoms with Crippen LogP contribution in [0.1, 0.15) is 27.2 Å². The predicted octanol–water partition coefficient (Wildman–Crippen LogP) is 3.21. The molecule has 1 unspecified atom stereocenters. The molecule has 0 bridgehead atoms. The monoisotopic (exact) mass is 311 g/mol. The maximum Gasteiger partial charge on any atom is 0.343 e. The van der Waals surface area contributed by atoms with Gasteiger partial charge in [-0.1, -0.05) is 32.5 Å². The minimum Gasteiger partial charge on any atom is -0.479 e. The number of nitrogens with one attached hydrogen (secondary N) is 1. The van der Waals surface area contributed by atoms with Crippen LogP contribution >= 0.6 is 11.8 Å². The SMILES string of the molecule is CCC(C)(C)C(=O)Nc1ccc(SC(OC)C(=O)O)cc1. The van der Waals surface area contributed by atoms with Gasteiger partial charge < -0.3 is 15.2 Å². The van der Waals surface area contributed by atoms with Crippen LogP contribution in [0.2, 0.25) is 0 Å². The number of carboxylic acids is 1. The van der Waals surface area contributed by atoms with Crippen molar-refractivity contribution < 1.29 is 19.4 Å². The summed E-state index contributed by atoms with van der Waals surface area (Å²) in [6.07, 6.45) is 0.751. The smallest absolute Gasteiger partial charge is 0.343 e. The van der Waals surface area contributed by atoms with Crippen LogP contribution in [-0.2, 0) is 14.3 Å². The summed E-state index contributed by atoms with van der Waals surface area (Å²) in [6, 6.07) is 7.02. The Morgan fingerprint density at radius 1 is 1.33 bits per heavy atom. The molecule has 1 atom stereocenters. The fourth-order valence-corrected chi connectivity index (χ4v) is 2.14. The van der Waals surface area contributed by atoms with E-state index in [0.29, 0.717) is 5.69 Å². The zero-order chi connectivity index (χ0) is 16.0. The Morgan fingerprint density at radius 3 is 2.33 bits per heavy atom. The largest absolute Gasteiger partial charge is 0.479 e. The average Bonchev–Trinajstić information content (AvgIpc) is 2.45. The highest BCUT2D eigenvalue weighted by Crippen LogP contribution is 2.27. The number of rotatable bonds is 7. The summed E-state index contributed by atoms with van der Waals surface area (Å²) in [4.78, 5) is 23.7. The van der Waals surface area contributed by atoms with E-state index in [4.69, 9.17) is 9.84 Å². The summed E-state index contributed by atoms with van der Waals surface area (Å²) in [5, 5.41) is 11.8. The first-order valence-corrected chi connectivity index (χ1v) is 7.52. The molecule has 0 aliphatic heterocycles. The minimum absolute atomic E-state index is 0.0364. The van der Waals surface area contributed by atoms with Gasteiger partial charge in [-0.15, -0.1) is 0 Å². The first kappa shape index (κ1) is 17.5. The number of amides is 1. The van der Waals surface area contributed by atoms with Gasteiger partial charge in [0.25, 0.3) is 0 Å². The van der Waals surface area contributed by atoms with Gasteiger partial charge in [-0.05, 0) is 30.7 Å². The Bertz CT molecular complexity index is 499. The lowest BCUT2D eigenvalue weighted by Crippen LogP contribution is -2.29. The molecule has 0 radical (unpaired) electrons. The summed E-state index contributed by atoms with van der Waals surface area (Å²) >= 11 is 1.10. The number of carbonyl (C=O) groups is 2. The van der Waals surface area contributed by atoms with Gasteiger partial charge >= 0.3 is 5.97 Å². The Hall–Kier alpha value is -1.53. The zero-order valence-corrected chi connectivity index (χ0v) is 13.5. The van der Waals surface area contributed by atoms with Gasteiger partial charge in [0, 0.05) is 23.1 Å². The summed E-state index contributed by atoms with van der Waals surface area (Å²) in [5.41, 5.74) is -0.669. The lowest BCUT2D eigenvalue weighted by Gasteiger charge is -2.21. The van der Waals surface area contributed by atoms with Crippen LogP contribution in [0.15, 0.2) is 29.2 Å². The van der Waals surface area contributed by atoms with Crippen molar-refractivity contribution in [3.8, 4) is 0 Å². The lowest BCUT2D eigenvalue weighted by molar-refractivity contribution is -0.143. The van der Waals surface area contributed by atoms with E-state index in [9.17, 15) is 9.59 Å². The maximum atomic E-state index is 12.0. The van der Waals surface area contributed by atoms with Gasteiger partial charge in [-0.3, -0.25) is 4.79 Å². The zero-order valence-electron chi connectivity index (χ0n) is 12.7. The van der Waals surface area contributed by atoms with E-state index in [0.717, 1.165) is 23.1 Å². The lowest BCUT2D eigenvalue weighted by atomic mass is 9.89. The van der Waals surface area contributed by atoms with E-state index in [2.05, 4.69) is 5.32 Å². The molecule has 1 aromatic carbocycles. The first-order valence-electron chi connectivity index (χ1n) is 6.64. The number of carboxylic acid groups (broad SMARTS) is 1. The minimum atomic E-state index is -1.02. The highest BCUT2D eigenvalue weighted by Gasteiger charge is 2.25. The molecule has 0 aromatic heterocycles. The number of aliphatic carboxylic acids is 1. The molecule has 0 fully saturated rings. The molecule has 1 amide bonds.